The van der Waals surface area contributed by atoms with Gasteiger partial charge in [0.2, 0.25) is 0 Å². The van der Waals surface area contributed by atoms with E-state index in [1.807, 2.05) is 23.7 Å². The van der Waals surface area contributed by atoms with Crippen LogP contribution < -0.4 is 10.3 Å². The molecule has 28 heavy (non-hydrogen) atoms. The van der Waals surface area contributed by atoms with Crippen molar-refractivity contribution in [2.75, 3.05) is 0 Å². The summed E-state index contributed by atoms with van der Waals surface area (Å²) >= 11 is 4.83. The molecule has 0 saturated heterocycles. The molecular weight excluding hydrogens is 440 g/mol. The fourth-order valence-electron chi connectivity index (χ4n) is 3.32. The Hall–Kier alpha value is -2.45. The van der Waals surface area contributed by atoms with Crippen molar-refractivity contribution in [3.63, 3.8) is 0 Å². The third kappa shape index (κ3) is 3.27. The van der Waals surface area contributed by atoms with E-state index in [1.165, 1.54) is 35.9 Å². The zero-order valence-corrected chi connectivity index (χ0v) is 17.5. The van der Waals surface area contributed by atoms with Crippen molar-refractivity contribution >= 4 is 32.9 Å². The number of aryl methyl sites for hydroxylation is 1. The molecular formula is C20H17BrN4O2S. The number of pyridine rings is 2. The van der Waals surface area contributed by atoms with Crippen LogP contribution in [0.5, 0.6) is 5.75 Å². The molecule has 0 aliphatic heterocycles. The summed E-state index contributed by atoms with van der Waals surface area (Å²) in [6.45, 7) is 2.43. The molecule has 4 aromatic heterocycles. The molecule has 1 aliphatic rings. The SMILES string of the molecule is Cc1c(C2CC2)nc2ccc(-n3ccc(OCc4nc(Br)cs4)cc3=O)cn12. The standard InChI is InChI=1S/C20H17BrN4O2S/c1-12-20(13-2-3-13)23-17-5-4-14(9-25(12)17)24-7-6-15(8-19(24)26)27-10-18-22-16(21)11-28-18/h4-9,11,13H,2-3,10H2,1H3. The van der Waals surface area contributed by atoms with Crippen LogP contribution in [0.2, 0.25) is 0 Å². The van der Waals surface area contributed by atoms with Gasteiger partial charge < -0.3 is 9.14 Å². The molecule has 0 aromatic carbocycles. The van der Waals surface area contributed by atoms with E-state index < -0.39 is 0 Å². The highest BCUT2D eigenvalue weighted by atomic mass is 79.9. The summed E-state index contributed by atoms with van der Waals surface area (Å²) in [6.07, 6.45) is 6.15. The Balaban J connectivity index is 1.42. The van der Waals surface area contributed by atoms with Gasteiger partial charge in [-0.3, -0.25) is 9.36 Å². The smallest absolute Gasteiger partial charge is 0.258 e. The van der Waals surface area contributed by atoms with E-state index in [9.17, 15) is 4.79 Å². The molecule has 0 bridgehead atoms. The quantitative estimate of drug-likeness (QED) is 0.444. The van der Waals surface area contributed by atoms with E-state index in [2.05, 4.69) is 32.2 Å². The first-order valence-electron chi connectivity index (χ1n) is 9.03. The van der Waals surface area contributed by atoms with Gasteiger partial charge in [-0.25, -0.2) is 9.97 Å². The first-order valence-corrected chi connectivity index (χ1v) is 10.7. The number of hydrogen-bond acceptors (Lipinski definition) is 5. The molecule has 1 saturated carbocycles. The number of ether oxygens (including phenoxy) is 1. The van der Waals surface area contributed by atoms with Crippen LogP contribution in [0, 0.1) is 6.92 Å². The number of rotatable bonds is 5. The van der Waals surface area contributed by atoms with Crippen LogP contribution in [-0.2, 0) is 6.61 Å². The van der Waals surface area contributed by atoms with Gasteiger partial charge >= 0.3 is 0 Å². The van der Waals surface area contributed by atoms with E-state index in [0.29, 0.717) is 18.3 Å². The lowest BCUT2D eigenvalue weighted by Crippen LogP contribution is -2.17. The number of aromatic nitrogens is 4. The van der Waals surface area contributed by atoms with E-state index in [4.69, 9.17) is 9.72 Å². The summed E-state index contributed by atoms with van der Waals surface area (Å²) in [7, 11) is 0. The first-order chi connectivity index (χ1) is 13.6. The molecule has 1 aliphatic carbocycles. The molecule has 0 amide bonds. The zero-order chi connectivity index (χ0) is 19.3. The third-order valence-electron chi connectivity index (χ3n) is 4.90. The number of halogens is 1. The molecule has 142 valence electrons. The van der Waals surface area contributed by atoms with E-state index in [1.54, 1.807) is 16.8 Å². The van der Waals surface area contributed by atoms with Gasteiger partial charge in [-0.05, 0) is 53.9 Å². The summed E-state index contributed by atoms with van der Waals surface area (Å²) in [5, 5.41) is 2.75. The maximum Gasteiger partial charge on any atom is 0.258 e. The average molecular weight is 457 g/mol. The highest BCUT2D eigenvalue weighted by Gasteiger charge is 2.28. The van der Waals surface area contributed by atoms with Gasteiger partial charge in [0.1, 0.15) is 27.6 Å². The van der Waals surface area contributed by atoms with Crippen LogP contribution in [0.25, 0.3) is 11.3 Å². The van der Waals surface area contributed by atoms with Crippen LogP contribution >= 0.6 is 27.3 Å². The predicted octanol–water partition coefficient (Wildman–Crippen LogP) is 4.47. The molecule has 0 atom stereocenters. The molecule has 4 heterocycles. The van der Waals surface area contributed by atoms with Crippen molar-refractivity contribution in [3.05, 3.63) is 73.4 Å². The van der Waals surface area contributed by atoms with Gasteiger partial charge in [-0.15, -0.1) is 11.3 Å². The van der Waals surface area contributed by atoms with Gasteiger partial charge in [-0.2, -0.15) is 0 Å². The van der Waals surface area contributed by atoms with Crippen LogP contribution in [0.4, 0.5) is 0 Å². The fraction of sp³-hybridized carbons (Fsp3) is 0.250. The van der Waals surface area contributed by atoms with Crippen molar-refractivity contribution in [2.45, 2.75) is 32.3 Å². The molecule has 6 nitrogen and oxygen atoms in total. The van der Waals surface area contributed by atoms with Crippen molar-refractivity contribution < 1.29 is 4.74 Å². The molecule has 0 N–H and O–H groups in total. The summed E-state index contributed by atoms with van der Waals surface area (Å²) in [5.74, 6) is 1.13. The molecule has 0 unspecified atom stereocenters. The lowest BCUT2D eigenvalue weighted by Gasteiger charge is -2.09. The van der Waals surface area contributed by atoms with E-state index >= 15 is 0 Å². The van der Waals surface area contributed by atoms with Crippen molar-refractivity contribution in [1.82, 2.24) is 18.9 Å². The van der Waals surface area contributed by atoms with E-state index in [0.717, 1.165) is 26.6 Å². The second-order valence-corrected chi connectivity index (χ2v) is 8.65. The Kier molecular flexibility index (Phi) is 4.32. The Labute approximate surface area is 173 Å². The summed E-state index contributed by atoms with van der Waals surface area (Å²) < 4.78 is 10.2. The predicted molar refractivity (Wildman–Crippen MR) is 112 cm³/mol. The number of hydrogen-bond donors (Lipinski definition) is 0. The van der Waals surface area contributed by atoms with Crippen LogP contribution in [0.1, 0.15) is 35.2 Å². The Bertz CT molecular complexity index is 1240. The molecule has 0 radical (unpaired) electrons. The van der Waals surface area contributed by atoms with Gasteiger partial charge in [0.15, 0.2) is 0 Å². The minimum absolute atomic E-state index is 0.141. The van der Waals surface area contributed by atoms with Crippen molar-refractivity contribution in [2.24, 2.45) is 0 Å². The maximum absolute atomic E-state index is 12.6. The highest BCUT2D eigenvalue weighted by Crippen LogP contribution is 2.41. The van der Waals surface area contributed by atoms with Crippen LogP contribution in [0.15, 0.2) is 51.4 Å². The summed E-state index contributed by atoms with van der Waals surface area (Å²) in [4.78, 5) is 21.7. The van der Waals surface area contributed by atoms with E-state index in [-0.39, 0.29) is 5.56 Å². The summed E-state index contributed by atoms with van der Waals surface area (Å²) in [5.41, 5.74) is 3.92. The van der Waals surface area contributed by atoms with Gasteiger partial charge in [0, 0.05) is 35.5 Å². The zero-order valence-electron chi connectivity index (χ0n) is 15.1. The largest absolute Gasteiger partial charge is 0.486 e. The van der Waals surface area contributed by atoms with Crippen molar-refractivity contribution in [3.8, 4) is 11.4 Å². The minimum Gasteiger partial charge on any atom is -0.486 e. The molecule has 4 aromatic rings. The molecule has 1 fully saturated rings. The van der Waals surface area contributed by atoms with Crippen molar-refractivity contribution in [1.29, 1.82) is 0 Å². The second kappa shape index (κ2) is 6.86. The topological polar surface area (TPSA) is 61.4 Å². The van der Waals surface area contributed by atoms with Crippen LogP contribution in [-0.4, -0.2) is 18.9 Å². The molecule has 5 rings (SSSR count). The average Bonchev–Trinajstić information content (AvgIpc) is 3.37. The third-order valence-corrected chi connectivity index (χ3v) is 6.43. The number of thiazole rings is 1. The Morgan fingerprint density at radius 3 is 2.86 bits per heavy atom. The summed E-state index contributed by atoms with van der Waals surface area (Å²) in [6, 6.07) is 7.19. The van der Waals surface area contributed by atoms with Gasteiger partial charge in [0.25, 0.3) is 5.56 Å². The molecule has 8 heteroatoms. The second-order valence-electron chi connectivity index (χ2n) is 6.90. The monoisotopic (exact) mass is 456 g/mol. The number of fused-ring (bicyclic) bond motifs is 1. The number of imidazole rings is 1. The van der Waals surface area contributed by atoms with Crippen LogP contribution in [0.3, 0.4) is 0 Å². The lowest BCUT2D eigenvalue weighted by molar-refractivity contribution is 0.304. The minimum atomic E-state index is -0.141. The Morgan fingerprint density at radius 2 is 2.14 bits per heavy atom. The maximum atomic E-state index is 12.6. The highest BCUT2D eigenvalue weighted by molar-refractivity contribution is 9.10. The van der Waals surface area contributed by atoms with Gasteiger partial charge in [-0.1, -0.05) is 0 Å². The number of nitrogens with zero attached hydrogens (tertiary/aromatic N) is 4. The van der Waals surface area contributed by atoms with Gasteiger partial charge in [0.05, 0.1) is 11.4 Å². The fourth-order valence-corrected chi connectivity index (χ4v) is 4.49. The normalized spacial score (nSPS) is 13.9. The molecule has 0 spiro atoms. The lowest BCUT2D eigenvalue weighted by atomic mass is 10.2. The Morgan fingerprint density at radius 1 is 1.29 bits per heavy atom. The first kappa shape index (κ1) is 17.6.